The average molecular weight is 647 g/mol. The fourth-order valence-electron chi connectivity index (χ4n) is 7.95. The standard InChI is InChI=1S/C38H52N3O4S/c1-5-6-17-38(2)28-46(43,44)35-16-11-31(25-39(3)4)24-34(35)36(37(38)42)32-12-14-33(15-13-32)45-27-30-9-7-29(8-10-30)26-41-21-18-40(19-22-41)20-23-41/h7-16,24,36-37,42H,5-6,17-23,25-28H2,1-4H3/q+1/t36-,37-,38?/m1/s1. The molecule has 4 aliphatic heterocycles. The molecule has 4 aliphatic rings. The van der Waals surface area contributed by atoms with Crippen molar-refractivity contribution < 1.29 is 22.7 Å². The van der Waals surface area contributed by atoms with E-state index in [0.29, 0.717) is 30.0 Å². The zero-order valence-electron chi connectivity index (χ0n) is 28.1. The maximum atomic E-state index is 13.8. The van der Waals surface area contributed by atoms with Crippen molar-refractivity contribution in [1.82, 2.24) is 9.80 Å². The molecule has 3 saturated heterocycles. The number of aliphatic hydroxyl groups excluding tert-OH is 1. The number of ether oxygens (including phenoxy) is 1. The molecular formula is C38H52N3O4S+. The van der Waals surface area contributed by atoms with E-state index in [1.165, 1.54) is 49.3 Å². The van der Waals surface area contributed by atoms with Crippen LogP contribution >= 0.6 is 0 Å². The number of rotatable bonds is 11. The normalized spacial score (nSPS) is 28.5. The van der Waals surface area contributed by atoms with Crippen molar-refractivity contribution in [2.24, 2.45) is 5.41 Å². The number of nitrogens with zero attached hydrogens (tertiary/aromatic N) is 3. The zero-order chi connectivity index (χ0) is 32.5. The lowest BCUT2D eigenvalue weighted by molar-refractivity contribution is -0.953. The summed E-state index contributed by atoms with van der Waals surface area (Å²) in [7, 11) is 0.405. The van der Waals surface area contributed by atoms with Crippen molar-refractivity contribution >= 4 is 9.84 Å². The summed E-state index contributed by atoms with van der Waals surface area (Å²) in [5, 5.41) is 12.1. The van der Waals surface area contributed by atoms with E-state index < -0.39 is 27.3 Å². The molecular weight excluding hydrogens is 595 g/mol. The molecule has 0 aromatic heterocycles. The molecule has 248 valence electrons. The first-order valence-electron chi connectivity index (χ1n) is 17.1. The Labute approximate surface area is 276 Å². The molecule has 8 heteroatoms. The third kappa shape index (κ3) is 7.07. The second-order valence-corrected chi connectivity index (χ2v) is 16.7. The topological polar surface area (TPSA) is 70.1 Å². The highest BCUT2D eigenvalue weighted by atomic mass is 32.2. The summed E-state index contributed by atoms with van der Waals surface area (Å²) in [6, 6.07) is 22.5. The highest BCUT2D eigenvalue weighted by molar-refractivity contribution is 7.91. The third-order valence-corrected chi connectivity index (χ3v) is 12.8. The van der Waals surface area contributed by atoms with Gasteiger partial charge in [0.2, 0.25) is 0 Å². The molecule has 4 heterocycles. The van der Waals surface area contributed by atoms with E-state index >= 15 is 0 Å². The summed E-state index contributed by atoms with van der Waals surface area (Å²) in [6.07, 6.45) is 1.61. The molecule has 1 N–H and O–H groups in total. The highest BCUT2D eigenvalue weighted by Gasteiger charge is 2.47. The molecule has 0 amide bonds. The van der Waals surface area contributed by atoms with Gasteiger partial charge < -0.3 is 19.2 Å². The van der Waals surface area contributed by atoms with Gasteiger partial charge in [-0.05, 0) is 61.0 Å². The minimum Gasteiger partial charge on any atom is -0.489 e. The SMILES string of the molecule is CCCCC1(C)CS(=O)(=O)c2ccc(CN(C)C)cc2[C@@H](c2ccc(OCc3ccc(C[N+]45CCN(CC4)CC5)cc3)cc2)[C@H]1O. The molecule has 0 spiro atoms. The number of benzene rings is 3. The van der Waals surface area contributed by atoms with E-state index in [4.69, 9.17) is 4.74 Å². The van der Waals surface area contributed by atoms with Crippen molar-refractivity contribution in [2.75, 3.05) is 59.1 Å². The Morgan fingerprint density at radius 3 is 2.20 bits per heavy atom. The van der Waals surface area contributed by atoms with Crippen LogP contribution in [0.1, 0.15) is 66.8 Å². The van der Waals surface area contributed by atoms with Crippen LogP contribution in [-0.4, -0.2) is 93.0 Å². The van der Waals surface area contributed by atoms with Gasteiger partial charge >= 0.3 is 0 Å². The van der Waals surface area contributed by atoms with E-state index in [9.17, 15) is 13.5 Å². The Bertz CT molecular complexity index is 1580. The van der Waals surface area contributed by atoms with Gasteiger partial charge in [-0.15, -0.1) is 0 Å². The van der Waals surface area contributed by atoms with Gasteiger partial charge in [-0.3, -0.25) is 4.90 Å². The summed E-state index contributed by atoms with van der Waals surface area (Å²) in [6.45, 7) is 13.8. The van der Waals surface area contributed by atoms with Crippen LogP contribution in [-0.2, 0) is 29.5 Å². The lowest BCUT2D eigenvalue weighted by Gasteiger charge is -2.50. The smallest absolute Gasteiger partial charge is 0.179 e. The molecule has 3 aromatic carbocycles. The Morgan fingerprint density at radius 2 is 1.57 bits per heavy atom. The number of hydrogen-bond donors (Lipinski definition) is 1. The lowest BCUT2D eigenvalue weighted by Crippen LogP contribution is -2.66. The first kappa shape index (κ1) is 33.2. The second-order valence-electron chi connectivity index (χ2n) is 14.7. The van der Waals surface area contributed by atoms with Crippen LogP contribution in [0, 0.1) is 5.41 Å². The van der Waals surface area contributed by atoms with Gasteiger partial charge in [0.25, 0.3) is 0 Å². The number of sulfone groups is 1. The zero-order valence-corrected chi connectivity index (χ0v) is 28.9. The molecule has 46 heavy (non-hydrogen) atoms. The predicted octanol–water partition coefficient (Wildman–Crippen LogP) is 5.45. The lowest BCUT2D eigenvalue weighted by atomic mass is 9.71. The quantitative estimate of drug-likeness (QED) is 0.280. The van der Waals surface area contributed by atoms with Gasteiger partial charge in [0.15, 0.2) is 9.84 Å². The summed E-state index contributed by atoms with van der Waals surface area (Å²) < 4.78 is 35.1. The van der Waals surface area contributed by atoms with Gasteiger partial charge in [0.05, 0.1) is 36.4 Å². The highest BCUT2D eigenvalue weighted by Crippen LogP contribution is 2.47. The predicted molar refractivity (Wildman–Crippen MR) is 184 cm³/mol. The van der Waals surface area contributed by atoms with Crippen molar-refractivity contribution in [3.8, 4) is 5.75 Å². The Hall–Kier alpha value is -2.75. The first-order valence-corrected chi connectivity index (χ1v) is 18.7. The van der Waals surface area contributed by atoms with Crippen LogP contribution in [0.4, 0.5) is 0 Å². The van der Waals surface area contributed by atoms with Crippen LogP contribution in [0.5, 0.6) is 5.75 Å². The second kappa shape index (κ2) is 13.4. The van der Waals surface area contributed by atoms with Crippen LogP contribution in [0.3, 0.4) is 0 Å². The molecule has 0 radical (unpaired) electrons. The number of aliphatic hydroxyl groups is 1. The molecule has 3 atom stereocenters. The molecule has 3 aromatic rings. The fraction of sp³-hybridized carbons (Fsp3) is 0.526. The number of quaternary nitrogens is 1. The molecule has 0 saturated carbocycles. The van der Waals surface area contributed by atoms with Crippen molar-refractivity contribution in [3.63, 3.8) is 0 Å². The van der Waals surface area contributed by atoms with Crippen LogP contribution in [0.25, 0.3) is 0 Å². The summed E-state index contributed by atoms with van der Waals surface area (Å²) >= 11 is 0. The maximum absolute atomic E-state index is 13.8. The average Bonchev–Trinajstić information content (AvgIpc) is 3.10. The number of fused-ring (bicyclic) bond motifs is 4. The Kier molecular flexibility index (Phi) is 9.66. The molecule has 3 fully saturated rings. The number of piperazine rings is 3. The first-order chi connectivity index (χ1) is 22.0. The van der Waals surface area contributed by atoms with Crippen molar-refractivity contribution in [1.29, 1.82) is 0 Å². The minimum atomic E-state index is -3.60. The van der Waals surface area contributed by atoms with E-state index in [1.807, 2.05) is 57.4 Å². The summed E-state index contributed by atoms with van der Waals surface area (Å²) in [4.78, 5) is 5.00. The van der Waals surface area contributed by atoms with Crippen LogP contribution in [0.15, 0.2) is 71.6 Å². The maximum Gasteiger partial charge on any atom is 0.179 e. The van der Waals surface area contributed by atoms with Gasteiger partial charge in [0.1, 0.15) is 18.9 Å². The van der Waals surface area contributed by atoms with E-state index in [2.05, 4.69) is 41.0 Å². The van der Waals surface area contributed by atoms with Crippen molar-refractivity contribution in [2.45, 2.75) is 69.7 Å². The largest absolute Gasteiger partial charge is 0.489 e. The molecule has 7 rings (SSSR count). The van der Waals surface area contributed by atoms with Crippen LogP contribution in [0.2, 0.25) is 0 Å². The van der Waals surface area contributed by atoms with Gasteiger partial charge in [-0.1, -0.05) is 75.2 Å². The molecule has 2 bridgehead atoms. The monoisotopic (exact) mass is 646 g/mol. The van der Waals surface area contributed by atoms with Crippen molar-refractivity contribution in [3.05, 3.63) is 94.5 Å². The minimum absolute atomic E-state index is 0.0592. The molecule has 1 unspecified atom stereocenters. The van der Waals surface area contributed by atoms with Gasteiger partial charge in [0, 0.05) is 43.1 Å². The Morgan fingerprint density at radius 1 is 0.935 bits per heavy atom. The molecule has 7 nitrogen and oxygen atoms in total. The number of unbranched alkanes of at least 4 members (excludes halogenated alkanes) is 1. The fourth-order valence-corrected chi connectivity index (χ4v) is 10.1. The molecule has 0 aliphatic carbocycles. The van der Waals surface area contributed by atoms with Gasteiger partial charge in [-0.25, -0.2) is 8.42 Å². The van der Waals surface area contributed by atoms with Crippen LogP contribution < -0.4 is 4.74 Å². The van der Waals surface area contributed by atoms with Gasteiger partial charge in [-0.2, -0.15) is 0 Å². The number of hydrogen-bond acceptors (Lipinski definition) is 6. The third-order valence-electron chi connectivity index (χ3n) is 10.8. The van der Waals surface area contributed by atoms with E-state index in [-0.39, 0.29) is 5.75 Å². The summed E-state index contributed by atoms with van der Waals surface area (Å²) in [5.74, 6) is 0.228. The summed E-state index contributed by atoms with van der Waals surface area (Å²) in [5.41, 5.74) is 4.38. The van der Waals surface area contributed by atoms with E-state index in [1.54, 1.807) is 6.07 Å². The van der Waals surface area contributed by atoms with E-state index in [0.717, 1.165) is 41.8 Å². The Balaban J connectivity index is 1.21.